The summed E-state index contributed by atoms with van der Waals surface area (Å²) in [5.41, 5.74) is 2.52. The summed E-state index contributed by atoms with van der Waals surface area (Å²) in [5.74, 6) is 0.759. The Labute approximate surface area is 127 Å². The van der Waals surface area contributed by atoms with Gasteiger partial charge in [-0.1, -0.05) is 24.3 Å². The van der Waals surface area contributed by atoms with E-state index < -0.39 is 0 Å². The lowest BCUT2D eigenvalue weighted by Crippen LogP contribution is -2.32. The van der Waals surface area contributed by atoms with Gasteiger partial charge < -0.3 is 10.1 Å². The maximum Gasteiger partial charge on any atom is 0.252 e. The number of benzene rings is 2. The second kappa shape index (κ2) is 5.18. The van der Waals surface area contributed by atoms with Crippen molar-refractivity contribution in [3.63, 3.8) is 0 Å². The second-order valence-corrected chi connectivity index (χ2v) is 5.34. The molecule has 2 N–H and O–H groups in total. The predicted molar refractivity (Wildman–Crippen MR) is 82.9 cm³/mol. The van der Waals surface area contributed by atoms with Crippen molar-refractivity contribution in [3.05, 3.63) is 59.8 Å². The highest BCUT2D eigenvalue weighted by atomic mass is 16.5. The molecule has 0 bridgehead atoms. The molecule has 4 rings (SSSR count). The summed E-state index contributed by atoms with van der Waals surface area (Å²) in [5, 5.41) is 10.8. The van der Waals surface area contributed by atoms with Gasteiger partial charge in [-0.2, -0.15) is 5.10 Å². The highest BCUT2D eigenvalue weighted by Crippen LogP contribution is 2.31. The van der Waals surface area contributed by atoms with Gasteiger partial charge in [-0.05, 0) is 18.2 Å². The molecule has 5 nitrogen and oxygen atoms in total. The van der Waals surface area contributed by atoms with Crippen LogP contribution in [0.1, 0.15) is 28.4 Å². The number of ether oxygens (including phenoxy) is 1. The lowest BCUT2D eigenvalue weighted by molar-refractivity contribution is 0.0926. The number of H-pyrrole nitrogens is 1. The van der Waals surface area contributed by atoms with Crippen LogP contribution in [0.15, 0.2) is 48.7 Å². The molecule has 0 unspecified atom stereocenters. The predicted octanol–water partition coefficient (Wildman–Crippen LogP) is 2.82. The molecule has 0 spiro atoms. The van der Waals surface area contributed by atoms with Crippen LogP contribution in [0.4, 0.5) is 0 Å². The number of hydrogen-bond acceptors (Lipinski definition) is 3. The van der Waals surface area contributed by atoms with E-state index in [4.69, 9.17) is 4.74 Å². The van der Waals surface area contributed by atoms with Crippen molar-refractivity contribution in [1.82, 2.24) is 15.5 Å². The van der Waals surface area contributed by atoms with Gasteiger partial charge in [0.1, 0.15) is 5.75 Å². The van der Waals surface area contributed by atoms with Crippen molar-refractivity contribution in [2.45, 2.75) is 12.5 Å². The molecule has 1 aliphatic heterocycles. The maximum absolute atomic E-state index is 12.6. The molecule has 1 aromatic heterocycles. The quantitative estimate of drug-likeness (QED) is 0.763. The zero-order chi connectivity index (χ0) is 14.9. The average Bonchev–Trinajstić information content (AvgIpc) is 3.03. The van der Waals surface area contributed by atoms with Gasteiger partial charge in [0.2, 0.25) is 0 Å². The molecule has 1 aliphatic rings. The van der Waals surface area contributed by atoms with Crippen molar-refractivity contribution in [3.8, 4) is 5.75 Å². The fraction of sp³-hybridized carbons (Fsp3) is 0.176. The largest absolute Gasteiger partial charge is 0.493 e. The lowest BCUT2D eigenvalue weighted by Gasteiger charge is -2.26. The van der Waals surface area contributed by atoms with Crippen LogP contribution in [-0.4, -0.2) is 22.7 Å². The number of aromatic nitrogens is 2. The molecule has 0 saturated heterocycles. The molecule has 0 aliphatic carbocycles. The van der Waals surface area contributed by atoms with Crippen LogP contribution in [0.25, 0.3) is 10.9 Å². The van der Waals surface area contributed by atoms with E-state index >= 15 is 0 Å². The first-order chi connectivity index (χ1) is 10.8. The Morgan fingerprint density at radius 1 is 1.23 bits per heavy atom. The van der Waals surface area contributed by atoms with Crippen molar-refractivity contribution < 1.29 is 9.53 Å². The third-order valence-electron chi connectivity index (χ3n) is 3.99. The number of hydrogen-bond donors (Lipinski definition) is 2. The summed E-state index contributed by atoms with van der Waals surface area (Å²) in [6.07, 6.45) is 2.45. The van der Waals surface area contributed by atoms with Crippen molar-refractivity contribution >= 4 is 16.8 Å². The number of fused-ring (bicyclic) bond motifs is 2. The van der Waals surface area contributed by atoms with E-state index in [1.54, 1.807) is 6.20 Å². The monoisotopic (exact) mass is 293 g/mol. The highest BCUT2D eigenvalue weighted by Gasteiger charge is 2.23. The molecule has 0 saturated carbocycles. The molecular formula is C17H15N3O2. The Hall–Kier alpha value is -2.82. The van der Waals surface area contributed by atoms with Gasteiger partial charge in [0, 0.05) is 17.4 Å². The highest BCUT2D eigenvalue weighted by molar-refractivity contribution is 6.06. The maximum atomic E-state index is 12.6. The van der Waals surface area contributed by atoms with Crippen LogP contribution < -0.4 is 10.1 Å². The van der Waals surface area contributed by atoms with Gasteiger partial charge in [-0.15, -0.1) is 0 Å². The smallest absolute Gasteiger partial charge is 0.252 e. The number of carbonyl (C=O) groups is 1. The van der Waals surface area contributed by atoms with Crippen LogP contribution >= 0.6 is 0 Å². The van der Waals surface area contributed by atoms with Crippen LogP contribution in [0.5, 0.6) is 5.75 Å². The van der Waals surface area contributed by atoms with Crippen LogP contribution in [0.3, 0.4) is 0 Å². The topological polar surface area (TPSA) is 67.0 Å². The summed E-state index contributed by atoms with van der Waals surface area (Å²) in [4.78, 5) is 12.6. The summed E-state index contributed by atoms with van der Waals surface area (Å²) in [6.45, 7) is 0.609. The minimum atomic E-state index is -0.0892. The second-order valence-electron chi connectivity index (χ2n) is 5.34. The first kappa shape index (κ1) is 12.9. The zero-order valence-corrected chi connectivity index (χ0v) is 11.9. The normalized spacial score (nSPS) is 16.8. The van der Waals surface area contributed by atoms with Crippen molar-refractivity contribution in [2.24, 2.45) is 0 Å². The minimum Gasteiger partial charge on any atom is -0.493 e. The standard InChI is InChI=1S/C17H15N3O2/c21-17(11-5-3-6-15-13(11)10-18-20-15)19-14-8-9-22-16-7-2-1-4-12(14)16/h1-7,10,14H,8-9H2,(H,18,20)(H,19,21)/t14-/m0/s1. The molecule has 1 amide bonds. The molecule has 2 aromatic carbocycles. The van der Waals surface area contributed by atoms with Gasteiger partial charge in [-0.3, -0.25) is 9.89 Å². The Bertz CT molecular complexity index is 841. The molecule has 0 radical (unpaired) electrons. The Morgan fingerprint density at radius 3 is 3.09 bits per heavy atom. The van der Waals surface area contributed by atoms with Gasteiger partial charge in [0.05, 0.1) is 29.9 Å². The lowest BCUT2D eigenvalue weighted by atomic mass is 10.00. The number of carbonyl (C=O) groups excluding carboxylic acids is 1. The fourth-order valence-electron chi connectivity index (χ4n) is 2.89. The first-order valence-electron chi connectivity index (χ1n) is 7.27. The van der Waals surface area contributed by atoms with E-state index in [-0.39, 0.29) is 11.9 Å². The van der Waals surface area contributed by atoms with Gasteiger partial charge >= 0.3 is 0 Å². The van der Waals surface area contributed by atoms with E-state index in [0.717, 1.165) is 28.6 Å². The Kier molecular flexibility index (Phi) is 3.04. The average molecular weight is 293 g/mol. The molecular weight excluding hydrogens is 278 g/mol. The van der Waals surface area contributed by atoms with Crippen LogP contribution in [0, 0.1) is 0 Å². The van der Waals surface area contributed by atoms with Gasteiger partial charge in [0.25, 0.3) is 5.91 Å². The summed E-state index contributed by atoms with van der Waals surface area (Å²) in [6, 6.07) is 13.4. The van der Waals surface area contributed by atoms with Gasteiger partial charge in [0.15, 0.2) is 0 Å². The molecule has 0 fully saturated rings. The number of rotatable bonds is 2. The van der Waals surface area contributed by atoms with Gasteiger partial charge in [-0.25, -0.2) is 0 Å². The number of aromatic amines is 1. The number of para-hydroxylation sites is 1. The summed E-state index contributed by atoms with van der Waals surface area (Å²) < 4.78 is 5.63. The summed E-state index contributed by atoms with van der Waals surface area (Å²) in [7, 11) is 0. The van der Waals surface area contributed by atoms with Crippen LogP contribution in [-0.2, 0) is 0 Å². The molecule has 5 heteroatoms. The Balaban J connectivity index is 1.64. The van der Waals surface area contributed by atoms with E-state index in [1.807, 2.05) is 42.5 Å². The Morgan fingerprint density at radius 2 is 2.14 bits per heavy atom. The molecule has 110 valence electrons. The van der Waals surface area contributed by atoms with E-state index in [1.165, 1.54) is 0 Å². The third-order valence-corrected chi connectivity index (χ3v) is 3.99. The number of nitrogens with one attached hydrogen (secondary N) is 2. The van der Waals surface area contributed by atoms with Crippen molar-refractivity contribution in [1.29, 1.82) is 0 Å². The third kappa shape index (κ3) is 2.11. The van der Waals surface area contributed by atoms with E-state index in [0.29, 0.717) is 12.2 Å². The van der Waals surface area contributed by atoms with E-state index in [9.17, 15) is 4.79 Å². The fourth-order valence-corrected chi connectivity index (χ4v) is 2.89. The number of amides is 1. The molecule has 22 heavy (non-hydrogen) atoms. The number of nitrogens with zero attached hydrogens (tertiary/aromatic N) is 1. The van der Waals surface area contributed by atoms with Crippen LogP contribution in [0.2, 0.25) is 0 Å². The van der Waals surface area contributed by atoms with Crippen molar-refractivity contribution in [2.75, 3.05) is 6.61 Å². The SMILES string of the molecule is O=C(N[C@H]1CCOc2ccccc21)c1cccc2[nH]ncc12. The van der Waals surface area contributed by atoms with E-state index in [2.05, 4.69) is 15.5 Å². The molecule has 1 atom stereocenters. The summed E-state index contributed by atoms with van der Waals surface area (Å²) >= 11 is 0. The molecule has 3 aromatic rings. The zero-order valence-electron chi connectivity index (χ0n) is 11.9. The first-order valence-corrected chi connectivity index (χ1v) is 7.27. The molecule has 2 heterocycles. The minimum absolute atomic E-state index is 0.0281.